The fourth-order valence-corrected chi connectivity index (χ4v) is 4.90. The van der Waals surface area contributed by atoms with Gasteiger partial charge < -0.3 is 10.6 Å². The summed E-state index contributed by atoms with van der Waals surface area (Å²) in [6.45, 7) is 4.11. The largest absolute Gasteiger partial charge is 0.342 e. The number of rotatable bonds is 6. The number of hydrogen-bond donors (Lipinski definition) is 2. The molecule has 1 aromatic rings. The summed E-state index contributed by atoms with van der Waals surface area (Å²) >= 11 is 0. The molecule has 1 heterocycles. The van der Waals surface area contributed by atoms with Crippen LogP contribution in [0.25, 0.3) is 0 Å². The molecule has 0 spiro atoms. The number of nitrogens with zero attached hydrogens (tertiary/aromatic N) is 1. The first-order valence-corrected chi connectivity index (χ1v) is 10.9. The van der Waals surface area contributed by atoms with Gasteiger partial charge in [0.1, 0.15) is 0 Å². The van der Waals surface area contributed by atoms with E-state index >= 15 is 0 Å². The lowest BCUT2D eigenvalue weighted by Crippen LogP contribution is -2.36. The zero-order valence-electron chi connectivity index (χ0n) is 15.9. The number of aryl methyl sites for hydroxylation is 2. The van der Waals surface area contributed by atoms with Gasteiger partial charge in [-0.05, 0) is 67.3 Å². The Morgan fingerprint density at radius 2 is 1.96 bits per heavy atom. The average Bonchev–Trinajstić information content (AvgIpc) is 3.04. The molecule has 0 radical (unpaired) electrons. The zero-order valence-corrected chi connectivity index (χ0v) is 17.5. The molecule has 1 aliphatic heterocycles. The monoisotopic (exact) mass is 415 g/mol. The third kappa shape index (κ3) is 5.22. The molecule has 6 nitrogen and oxygen atoms in total. The van der Waals surface area contributed by atoms with Crippen molar-refractivity contribution in [1.29, 1.82) is 0 Å². The second-order valence-electron chi connectivity index (χ2n) is 7.87. The Balaban J connectivity index is 0.00000261. The van der Waals surface area contributed by atoms with E-state index in [1.165, 1.54) is 12.0 Å². The van der Waals surface area contributed by atoms with Crippen LogP contribution < -0.4 is 10.5 Å². The molecule has 27 heavy (non-hydrogen) atoms. The van der Waals surface area contributed by atoms with Gasteiger partial charge in [0.15, 0.2) is 0 Å². The van der Waals surface area contributed by atoms with Gasteiger partial charge in [-0.15, -0.1) is 12.4 Å². The van der Waals surface area contributed by atoms with Crippen molar-refractivity contribution in [2.75, 3.05) is 26.2 Å². The minimum absolute atomic E-state index is 0. The number of nitrogens with one attached hydrogen (secondary N) is 1. The van der Waals surface area contributed by atoms with Crippen LogP contribution in [0.2, 0.25) is 0 Å². The van der Waals surface area contributed by atoms with Gasteiger partial charge in [-0.2, -0.15) is 0 Å². The number of hydrogen-bond acceptors (Lipinski definition) is 4. The van der Waals surface area contributed by atoms with Gasteiger partial charge in [0.05, 0.1) is 4.90 Å². The molecule has 8 heteroatoms. The van der Waals surface area contributed by atoms with Crippen molar-refractivity contribution in [3.8, 4) is 0 Å². The molecule has 3 N–H and O–H groups in total. The predicted octanol–water partition coefficient (Wildman–Crippen LogP) is 1.85. The van der Waals surface area contributed by atoms with E-state index in [0.717, 1.165) is 31.2 Å². The van der Waals surface area contributed by atoms with Crippen molar-refractivity contribution in [3.05, 3.63) is 29.3 Å². The number of amides is 1. The summed E-state index contributed by atoms with van der Waals surface area (Å²) in [7, 11) is -3.58. The van der Waals surface area contributed by atoms with E-state index in [1.54, 1.807) is 17.0 Å². The van der Waals surface area contributed by atoms with Gasteiger partial charge >= 0.3 is 0 Å². The first-order chi connectivity index (χ1) is 12.3. The molecule has 152 valence electrons. The fraction of sp³-hybridized carbons (Fsp3) is 0.632. The van der Waals surface area contributed by atoms with E-state index in [2.05, 4.69) is 11.6 Å². The smallest absolute Gasteiger partial charge is 0.240 e. The van der Waals surface area contributed by atoms with Gasteiger partial charge in [-0.25, -0.2) is 13.1 Å². The molecule has 1 fully saturated rings. The van der Waals surface area contributed by atoms with Crippen LogP contribution >= 0.6 is 12.4 Å². The highest BCUT2D eigenvalue weighted by Gasteiger charge is 2.34. The lowest BCUT2D eigenvalue weighted by molar-refractivity contribution is -0.130. The Hall–Kier alpha value is -1.15. The summed E-state index contributed by atoms with van der Waals surface area (Å²) in [6, 6.07) is 5.37. The van der Waals surface area contributed by atoms with Crippen molar-refractivity contribution < 1.29 is 13.2 Å². The van der Waals surface area contributed by atoms with E-state index < -0.39 is 10.0 Å². The Bertz CT molecular complexity index is 784. The Morgan fingerprint density at radius 1 is 1.26 bits per heavy atom. The lowest BCUT2D eigenvalue weighted by atomic mass is 9.90. The van der Waals surface area contributed by atoms with E-state index in [-0.39, 0.29) is 36.7 Å². The molecule has 0 bridgehead atoms. The maximum absolute atomic E-state index is 12.5. The number of carbonyl (C=O) groups is 1. The molecular formula is C19H30ClN3O3S. The Morgan fingerprint density at radius 3 is 2.63 bits per heavy atom. The van der Waals surface area contributed by atoms with Crippen LogP contribution in [0, 0.1) is 5.41 Å². The van der Waals surface area contributed by atoms with Gasteiger partial charge in [-0.1, -0.05) is 13.0 Å². The molecular weight excluding hydrogens is 386 g/mol. The average molecular weight is 416 g/mol. The highest BCUT2D eigenvalue weighted by atomic mass is 35.5. The molecule has 3 rings (SSSR count). The van der Waals surface area contributed by atoms with Crippen molar-refractivity contribution in [1.82, 2.24) is 9.62 Å². The summed E-state index contributed by atoms with van der Waals surface area (Å²) in [6.07, 6.45) is 5.30. The summed E-state index contributed by atoms with van der Waals surface area (Å²) in [5, 5.41) is 0. The summed E-state index contributed by atoms with van der Waals surface area (Å²) in [4.78, 5) is 14.4. The van der Waals surface area contributed by atoms with E-state index in [0.29, 0.717) is 24.5 Å². The molecule has 1 atom stereocenters. The summed E-state index contributed by atoms with van der Waals surface area (Å²) in [5.41, 5.74) is 8.14. The lowest BCUT2D eigenvalue weighted by Gasteiger charge is -2.22. The Kier molecular flexibility index (Phi) is 7.30. The molecule has 0 aromatic heterocycles. The third-order valence-electron chi connectivity index (χ3n) is 5.66. The second kappa shape index (κ2) is 8.90. The molecule has 1 saturated heterocycles. The minimum Gasteiger partial charge on any atom is -0.342 e. The van der Waals surface area contributed by atoms with Crippen LogP contribution in [0.4, 0.5) is 0 Å². The fourth-order valence-electron chi connectivity index (χ4n) is 3.81. The quantitative estimate of drug-likeness (QED) is 0.741. The molecule has 1 aliphatic carbocycles. The van der Waals surface area contributed by atoms with Gasteiger partial charge in [-0.3, -0.25) is 4.79 Å². The van der Waals surface area contributed by atoms with Gasteiger partial charge in [0.25, 0.3) is 0 Å². The number of carbonyl (C=O) groups excluding carboxylic acids is 1. The van der Waals surface area contributed by atoms with Crippen LogP contribution in [-0.2, 0) is 27.7 Å². The van der Waals surface area contributed by atoms with Crippen molar-refractivity contribution in [2.45, 2.75) is 50.3 Å². The van der Waals surface area contributed by atoms with Crippen molar-refractivity contribution in [3.63, 3.8) is 0 Å². The molecule has 1 unspecified atom stereocenters. The molecule has 1 amide bonds. The van der Waals surface area contributed by atoms with Crippen molar-refractivity contribution >= 4 is 28.3 Å². The van der Waals surface area contributed by atoms with Crippen LogP contribution in [0.1, 0.15) is 43.7 Å². The van der Waals surface area contributed by atoms with Crippen molar-refractivity contribution in [2.24, 2.45) is 11.1 Å². The van der Waals surface area contributed by atoms with Crippen LogP contribution in [-0.4, -0.2) is 45.4 Å². The van der Waals surface area contributed by atoms with Crippen LogP contribution in [0.3, 0.4) is 0 Å². The molecule has 1 aromatic carbocycles. The number of benzene rings is 1. The molecule has 0 saturated carbocycles. The van der Waals surface area contributed by atoms with E-state index in [1.807, 2.05) is 6.07 Å². The van der Waals surface area contributed by atoms with Crippen LogP contribution in [0.5, 0.6) is 0 Å². The first-order valence-electron chi connectivity index (χ1n) is 9.42. The Labute approximate surface area is 168 Å². The number of sulfonamides is 1. The van der Waals surface area contributed by atoms with Crippen LogP contribution in [0.15, 0.2) is 23.1 Å². The van der Waals surface area contributed by atoms with Gasteiger partial charge in [0.2, 0.25) is 15.9 Å². The third-order valence-corrected chi connectivity index (χ3v) is 7.12. The van der Waals surface area contributed by atoms with Gasteiger partial charge in [0, 0.05) is 26.1 Å². The number of nitrogens with two attached hydrogens (primary N) is 1. The number of fused-ring (bicyclic) bond motifs is 1. The minimum atomic E-state index is -3.58. The van der Waals surface area contributed by atoms with E-state index in [9.17, 15) is 13.2 Å². The summed E-state index contributed by atoms with van der Waals surface area (Å²) < 4.78 is 27.6. The first kappa shape index (κ1) is 22.1. The predicted molar refractivity (Wildman–Crippen MR) is 108 cm³/mol. The maximum Gasteiger partial charge on any atom is 0.240 e. The maximum atomic E-state index is 12.5. The highest BCUT2D eigenvalue weighted by Crippen LogP contribution is 2.28. The normalized spacial score (nSPS) is 22.2. The highest BCUT2D eigenvalue weighted by molar-refractivity contribution is 7.89. The number of halogens is 1. The summed E-state index contributed by atoms with van der Waals surface area (Å²) in [5.74, 6) is -0.0182. The number of likely N-dealkylation sites (tertiary alicyclic amines) is 1. The topological polar surface area (TPSA) is 92.5 Å². The van der Waals surface area contributed by atoms with E-state index in [4.69, 9.17) is 5.73 Å². The molecule has 2 aliphatic rings. The SMILES string of the molecule is CC1(CN)CCN(C(=O)CCNS(=O)(=O)c2ccc3c(c2)CCCC3)C1.Cl. The zero-order chi connectivity index (χ0) is 18.8. The second-order valence-corrected chi connectivity index (χ2v) is 9.63. The standard InChI is InChI=1S/C19H29N3O3S.ClH/c1-19(13-20)9-11-22(14-19)18(23)8-10-21-26(24,25)17-7-6-15-4-2-3-5-16(15)12-17;/h6-7,12,21H,2-5,8-11,13-14,20H2,1H3;1H.